The Morgan fingerprint density at radius 2 is 0.690 bits per heavy atom. The average molecular weight is 605 g/mol. The van der Waals surface area contributed by atoms with Crippen molar-refractivity contribution < 1.29 is 43.2 Å². The van der Waals surface area contributed by atoms with E-state index in [0.717, 1.165) is 0 Å². The Hall–Kier alpha value is -5.61. The van der Waals surface area contributed by atoms with Crippen LogP contribution in [0.15, 0.2) is 0 Å². The number of hydrogen-bond acceptors (Lipinski definition) is 10. The van der Waals surface area contributed by atoms with E-state index in [1.807, 2.05) is 37.9 Å². The van der Waals surface area contributed by atoms with Gasteiger partial charge in [-0.2, -0.15) is 0 Å². The zero-order valence-electron chi connectivity index (χ0n) is 23.2. The van der Waals surface area contributed by atoms with Gasteiger partial charge in [0.2, 0.25) is 5.91 Å². The molecule has 0 aromatic heterocycles. The first kappa shape index (κ1) is 36.4. The van der Waals surface area contributed by atoms with E-state index in [2.05, 4.69) is 37.7 Å². The minimum Gasteiger partial charge on any atom is -0.328 e. The van der Waals surface area contributed by atoms with Gasteiger partial charge >= 0.3 is 24.1 Å². The Labute approximate surface area is 238 Å². The third kappa shape index (κ3) is 20.4. The topological polar surface area (TPSA) is 322 Å². The molecule has 0 aromatic rings. The molecule has 0 unspecified atom stereocenters. The van der Waals surface area contributed by atoms with Crippen molar-refractivity contribution >= 4 is 53.7 Å². The minimum atomic E-state index is -1.03. The number of nitrogens with one attached hydrogen (secondary N) is 14. The molecule has 0 spiro atoms. The largest absolute Gasteiger partial charge is 0.333 e. The van der Waals surface area contributed by atoms with Gasteiger partial charge in [-0.3, -0.25) is 56.5 Å². The first-order chi connectivity index (χ1) is 19.7. The number of carbonyl (C=O) groups excluding carboxylic acids is 9. The molecule has 0 rings (SSSR count). The number of hydrogen-bond donors (Lipinski definition) is 14. The van der Waals surface area contributed by atoms with E-state index in [0.29, 0.717) is 0 Å². The standard InChI is InChI=1S/C19H36N14O9/c1-9(2)15(38)29-25-11(34)5-21-17(40)31-27-13(36)7-23-19(42)33-28-14(37)8-22-18(41)32-26-12(35)6-20-16(39)30-24-10(3)4/h9-10,24H,5-8H2,1-4H3,(H,25,34)(H,26,35)(H,27,36)(H,28,37)(H,29,38)(H2,20,30,39)(H2,21,31,40)(H2,22,32,41)(H2,23,33,42). The van der Waals surface area contributed by atoms with E-state index in [-0.39, 0.29) is 12.0 Å². The Kier molecular flexibility index (Phi) is 17.6. The van der Waals surface area contributed by atoms with Gasteiger partial charge in [-0.15, -0.1) is 0 Å². The van der Waals surface area contributed by atoms with Crippen molar-refractivity contribution in [3.05, 3.63) is 0 Å². The number of urea groups is 4. The van der Waals surface area contributed by atoms with Crippen LogP contribution in [-0.2, 0) is 24.0 Å². The van der Waals surface area contributed by atoms with Gasteiger partial charge in [0.15, 0.2) is 0 Å². The molecule has 0 atom stereocenters. The summed E-state index contributed by atoms with van der Waals surface area (Å²) in [6.45, 7) is 4.50. The summed E-state index contributed by atoms with van der Waals surface area (Å²) in [5.74, 6) is -4.09. The summed E-state index contributed by atoms with van der Waals surface area (Å²) in [5.41, 5.74) is 20.6. The SMILES string of the molecule is CC(C)NNC(=O)NCC(=O)NNC(=O)NCC(=O)NNC(=O)NCC(=O)NNC(=O)NCC(=O)NNC(=O)C(C)C. The summed E-state index contributed by atoms with van der Waals surface area (Å²) in [5, 5.41) is 8.40. The maximum absolute atomic E-state index is 11.7. The maximum atomic E-state index is 11.7. The maximum Gasteiger partial charge on any atom is 0.333 e. The van der Waals surface area contributed by atoms with Crippen LogP contribution in [-0.4, -0.2) is 85.9 Å². The van der Waals surface area contributed by atoms with Gasteiger partial charge in [0, 0.05) is 12.0 Å². The monoisotopic (exact) mass is 604 g/mol. The molecule has 23 nitrogen and oxygen atoms in total. The van der Waals surface area contributed by atoms with Crippen LogP contribution < -0.4 is 75.5 Å². The molecule has 0 fully saturated rings. The molecule has 0 saturated carbocycles. The molecule has 0 aliphatic heterocycles. The highest BCUT2D eigenvalue weighted by Gasteiger charge is 2.12. The summed E-state index contributed by atoms with van der Waals surface area (Å²) in [6, 6.07) is -3.69. The fourth-order valence-corrected chi connectivity index (χ4v) is 1.86. The summed E-state index contributed by atoms with van der Waals surface area (Å²) in [6.07, 6.45) is 0. The van der Waals surface area contributed by atoms with E-state index >= 15 is 0 Å². The second-order valence-corrected chi connectivity index (χ2v) is 8.37. The molecule has 0 aromatic carbocycles. The van der Waals surface area contributed by atoms with Crippen molar-refractivity contribution in [2.75, 3.05) is 26.2 Å². The quantitative estimate of drug-likeness (QED) is 0.0990. The van der Waals surface area contributed by atoms with Gasteiger partial charge in [-0.1, -0.05) is 13.8 Å². The minimum absolute atomic E-state index is 0.0320. The van der Waals surface area contributed by atoms with Crippen LogP contribution in [0.5, 0.6) is 0 Å². The van der Waals surface area contributed by atoms with Gasteiger partial charge in [0.1, 0.15) is 26.2 Å². The van der Waals surface area contributed by atoms with E-state index in [1.165, 1.54) is 0 Å². The molecule has 0 aliphatic carbocycles. The van der Waals surface area contributed by atoms with Crippen molar-refractivity contribution in [1.29, 1.82) is 0 Å². The van der Waals surface area contributed by atoms with E-state index < -0.39 is 79.8 Å². The van der Waals surface area contributed by atoms with Crippen LogP contribution in [0.4, 0.5) is 19.2 Å². The Morgan fingerprint density at radius 1 is 0.405 bits per heavy atom. The summed E-state index contributed by atoms with van der Waals surface area (Å²) < 4.78 is 0. The first-order valence-electron chi connectivity index (χ1n) is 12.1. The smallest absolute Gasteiger partial charge is 0.328 e. The van der Waals surface area contributed by atoms with Crippen molar-refractivity contribution in [1.82, 2.24) is 75.5 Å². The zero-order chi connectivity index (χ0) is 32.1. The highest BCUT2D eigenvalue weighted by Crippen LogP contribution is 1.88. The Morgan fingerprint density at radius 3 is 0.976 bits per heavy atom. The lowest BCUT2D eigenvalue weighted by molar-refractivity contribution is -0.130. The van der Waals surface area contributed by atoms with Gasteiger partial charge in [0.05, 0.1) is 0 Å². The van der Waals surface area contributed by atoms with Crippen LogP contribution in [0.3, 0.4) is 0 Å². The lowest BCUT2D eigenvalue weighted by Gasteiger charge is -2.12. The van der Waals surface area contributed by atoms with E-state index in [4.69, 9.17) is 0 Å². The third-order valence-electron chi connectivity index (χ3n) is 3.91. The Bertz CT molecular complexity index is 1000. The van der Waals surface area contributed by atoms with Crippen LogP contribution in [0.2, 0.25) is 0 Å². The second-order valence-electron chi connectivity index (χ2n) is 8.37. The highest BCUT2D eigenvalue weighted by molar-refractivity contribution is 5.90. The van der Waals surface area contributed by atoms with Crippen LogP contribution in [0, 0.1) is 5.92 Å². The number of carbonyl (C=O) groups is 9. The average Bonchev–Trinajstić information content (AvgIpc) is 2.94. The van der Waals surface area contributed by atoms with Crippen LogP contribution in [0.25, 0.3) is 0 Å². The number of amides is 13. The summed E-state index contributed by atoms with van der Waals surface area (Å²) in [4.78, 5) is 104. The normalized spacial score (nSPS) is 9.76. The first-order valence-corrected chi connectivity index (χ1v) is 12.1. The van der Waals surface area contributed by atoms with Crippen LogP contribution >= 0.6 is 0 Å². The molecule has 42 heavy (non-hydrogen) atoms. The second kappa shape index (κ2) is 20.3. The van der Waals surface area contributed by atoms with Crippen molar-refractivity contribution in [3.8, 4) is 0 Å². The molecule has 0 radical (unpaired) electrons. The van der Waals surface area contributed by atoms with Crippen molar-refractivity contribution in [3.63, 3.8) is 0 Å². The van der Waals surface area contributed by atoms with Gasteiger partial charge < -0.3 is 21.3 Å². The van der Waals surface area contributed by atoms with E-state index in [9.17, 15) is 43.2 Å². The molecular formula is C19H36N14O9. The number of hydrazine groups is 5. The Balaban J connectivity index is 3.96. The molecule has 0 aliphatic rings. The zero-order valence-corrected chi connectivity index (χ0v) is 23.2. The van der Waals surface area contributed by atoms with E-state index in [1.54, 1.807) is 27.7 Å². The van der Waals surface area contributed by atoms with Gasteiger partial charge in [0.25, 0.3) is 23.6 Å². The van der Waals surface area contributed by atoms with Crippen LogP contribution in [0.1, 0.15) is 27.7 Å². The fraction of sp³-hybridized carbons (Fsp3) is 0.526. The molecular weight excluding hydrogens is 568 g/mol. The summed E-state index contributed by atoms with van der Waals surface area (Å²) >= 11 is 0. The highest BCUT2D eigenvalue weighted by atomic mass is 16.2. The molecule has 0 bridgehead atoms. The molecule has 0 heterocycles. The molecule has 236 valence electrons. The van der Waals surface area contributed by atoms with Crippen molar-refractivity contribution in [2.24, 2.45) is 5.92 Å². The molecule has 0 saturated heterocycles. The molecule has 14 N–H and O–H groups in total. The molecule has 23 heteroatoms. The van der Waals surface area contributed by atoms with Crippen molar-refractivity contribution in [2.45, 2.75) is 33.7 Å². The predicted molar refractivity (Wildman–Crippen MR) is 140 cm³/mol. The predicted octanol–water partition coefficient (Wildman–Crippen LogP) is -6.01. The lowest BCUT2D eigenvalue weighted by Crippen LogP contribution is -2.55. The molecule has 13 amide bonds. The van der Waals surface area contributed by atoms with Gasteiger partial charge in [-0.25, -0.2) is 40.9 Å². The third-order valence-corrected chi connectivity index (χ3v) is 3.91. The summed E-state index contributed by atoms with van der Waals surface area (Å²) in [7, 11) is 0. The lowest BCUT2D eigenvalue weighted by atomic mass is 10.2. The fourth-order valence-electron chi connectivity index (χ4n) is 1.86. The number of rotatable bonds is 11. The van der Waals surface area contributed by atoms with Gasteiger partial charge in [-0.05, 0) is 13.8 Å².